The van der Waals surface area contributed by atoms with Gasteiger partial charge >= 0.3 is 0 Å². The molecule has 1 amide bonds. The van der Waals surface area contributed by atoms with Crippen molar-refractivity contribution in [2.24, 2.45) is 0 Å². The summed E-state index contributed by atoms with van der Waals surface area (Å²) in [6, 6.07) is 2.64. The van der Waals surface area contributed by atoms with Crippen molar-refractivity contribution >= 4 is 40.6 Å². The molecule has 19 heavy (non-hydrogen) atoms. The van der Waals surface area contributed by atoms with Crippen molar-refractivity contribution in [1.29, 1.82) is 0 Å². The first kappa shape index (κ1) is 15.8. The van der Waals surface area contributed by atoms with E-state index in [9.17, 15) is 14.7 Å². The third-order valence-corrected chi connectivity index (χ3v) is 3.06. The van der Waals surface area contributed by atoms with Crippen molar-refractivity contribution in [1.82, 2.24) is 0 Å². The molecule has 0 fully saturated rings. The minimum absolute atomic E-state index is 0.161. The molecule has 4 nitrogen and oxygen atoms in total. The number of Topliss-reactive ketones (excluding diaryl/α,β-unsaturated/α-hetero) is 1. The number of hydrogen-bond donors (Lipinski definition) is 2. The van der Waals surface area contributed by atoms with Crippen LogP contribution in [0.2, 0.25) is 5.02 Å². The van der Waals surface area contributed by atoms with Crippen LogP contribution < -0.4 is 5.32 Å². The molecule has 0 radical (unpaired) electrons. The lowest BCUT2D eigenvalue weighted by Gasteiger charge is -2.09. The number of unbranched alkanes of at least 4 members (excludes halogenated alkanes) is 1. The number of alkyl halides is 1. The Labute approximate surface area is 121 Å². The molecule has 0 aliphatic rings. The van der Waals surface area contributed by atoms with E-state index in [0.717, 1.165) is 6.42 Å². The Hall–Kier alpha value is -1.26. The van der Waals surface area contributed by atoms with Gasteiger partial charge in [-0.05, 0) is 18.9 Å². The molecule has 2 N–H and O–H groups in total. The average molecular weight is 304 g/mol. The number of carbonyl (C=O) groups excluding carboxylic acids is 2. The standard InChI is InChI=1S/C13H15Cl2NO3/c1-8(17)16-11-7-13(19)9(6-10(11)15)12(18)4-2-3-5-14/h6-7,19H,2-5H2,1H3,(H,16,17). The summed E-state index contributed by atoms with van der Waals surface area (Å²) in [5.41, 5.74) is 0.442. The molecular formula is C13H15Cl2NO3. The number of halogens is 2. The van der Waals surface area contributed by atoms with Gasteiger partial charge in [0, 0.05) is 25.3 Å². The van der Waals surface area contributed by atoms with Gasteiger partial charge in [-0.15, -0.1) is 11.6 Å². The summed E-state index contributed by atoms with van der Waals surface area (Å²) in [6.07, 6.45) is 1.70. The molecule has 0 saturated carbocycles. The lowest BCUT2D eigenvalue weighted by molar-refractivity contribution is -0.114. The third-order valence-electron chi connectivity index (χ3n) is 2.48. The minimum Gasteiger partial charge on any atom is -0.507 e. The molecule has 0 atom stereocenters. The zero-order chi connectivity index (χ0) is 14.4. The third kappa shape index (κ3) is 4.73. The lowest BCUT2D eigenvalue weighted by atomic mass is 10.0. The molecule has 6 heteroatoms. The van der Waals surface area contributed by atoms with Crippen LogP contribution in [-0.2, 0) is 4.79 Å². The molecule has 0 aromatic heterocycles. The van der Waals surface area contributed by atoms with E-state index in [4.69, 9.17) is 23.2 Å². The van der Waals surface area contributed by atoms with Gasteiger partial charge in [0.1, 0.15) is 5.75 Å². The predicted molar refractivity (Wildman–Crippen MR) is 76.3 cm³/mol. The largest absolute Gasteiger partial charge is 0.507 e. The zero-order valence-electron chi connectivity index (χ0n) is 10.5. The maximum absolute atomic E-state index is 11.9. The van der Waals surface area contributed by atoms with Crippen LogP contribution in [0, 0.1) is 0 Å². The molecule has 0 saturated heterocycles. The number of nitrogens with one attached hydrogen (secondary N) is 1. The maximum atomic E-state index is 11.9. The monoisotopic (exact) mass is 303 g/mol. The molecule has 0 bridgehead atoms. The second-order valence-electron chi connectivity index (χ2n) is 4.10. The summed E-state index contributed by atoms with van der Waals surface area (Å²) in [4.78, 5) is 22.8. The molecule has 0 aliphatic carbocycles. The van der Waals surface area contributed by atoms with Gasteiger partial charge in [-0.3, -0.25) is 9.59 Å². The predicted octanol–water partition coefficient (Wildman–Crippen LogP) is 3.60. The fourth-order valence-corrected chi connectivity index (χ4v) is 1.99. The molecule has 1 aromatic rings. The number of carbonyl (C=O) groups is 2. The van der Waals surface area contributed by atoms with Crippen molar-refractivity contribution < 1.29 is 14.7 Å². The minimum atomic E-state index is -0.303. The number of aromatic hydroxyl groups is 1. The van der Waals surface area contributed by atoms with Gasteiger partial charge in [0.25, 0.3) is 0 Å². The normalized spacial score (nSPS) is 10.3. The van der Waals surface area contributed by atoms with Crippen molar-refractivity contribution in [3.63, 3.8) is 0 Å². The fraction of sp³-hybridized carbons (Fsp3) is 0.385. The van der Waals surface area contributed by atoms with E-state index in [1.165, 1.54) is 19.1 Å². The second-order valence-corrected chi connectivity index (χ2v) is 4.88. The number of hydrogen-bond acceptors (Lipinski definition) is 3. The van der Waals surface area contributed by atoms with Crippen LogP contribution in [0.4, 0.5) is 5.69 Å². The number of amides is 1. The van der Waals surface area contributed by atoms with Crippen molar-refractivity contribution in [3.8, 4) is 5.75 Å². The molecule has 0 unspecified atom stereocenters. The molecule has 0 spiro atoms. The zero-order valence-corrected chi connectivity index (χ0v) is 12.0. The van der Waals surface area contributed by atoms with Crippen molar-refractivity contribution in [2.75, 3.05) is 11.2 Å². The van der Waals surface area contributed by atoms with E-state index in [1.54, 1.807) is 0 Å². The molecular weight excluding hydrogens is 289 g/mol. The van der Waals surface area contributed by atoms with E-state index in [1.807, 2.05) is 0 Å². The highest BCUT2D eigenvalue weighted by Gasteiger charge is 2.15. The van der Waals surface area contributed by atoms with Gasteiger partial charge in [0.15, 0.2) is 5.78 Å². The van der Waals surface area contributed by atoms with Crippen LogP contribution in [0.15, 0.2) is 12.1 Å². The quantitative estimate of drug-likeness (QED) is 0.479. The van der Waals surface area contributed by atoms with Crippen LogP contribution in [0.25, 0.3) is 0 Å². The topological polar surface area (TPSA) is 66.4 Å². The number of ketones is 1. The summed E-state index contributed by atoms with van der Waals surface area (Å²) >= 11 is 11.5. The van der Waals surface area contributed by atoms with Crippen LogP contribution in [0.1, 0.15) is 36.5 Å². The van der Waals surface area contributed by atoms with Crippen LogP contribution in [0.3, 0.4) is 0 Å². The number of rotatable bonds is 6. The van der Waals surface area contributed by atoms with Crippen LogP contribution in [0.5, 0.6) is 5.75 Å². The number of phenols is 1. The van der Waals surface area contributed by atoms with E-state index in [-0.39, 0.29) is 33.7 Å². The Morgan fingerprint density at radius 2 is 2.00 bits per heavy atom. The van der Waals surface area contributed by atoms with Crippen molar-refractivity contribution in [2.45, 2.75) is 26.2 Å². The van der Waals surface area contributed by atoms with Gasteiger partial charge < -0.3 is 10.4 Å². The van der Waals surface area contributed by atoms with Gasteiger partial charge in [0.05, 0.1) is 16.3 Å². The summed E-state index contributed by atoms with van der Waals surface area (Å²) in [5.74, 6) is -0.188. The average Bonchev–Trinajstić information content (AvgIpc) is 2.33. The first-order chi connectivity index (χ1) is 8.95. The summed E-state index contributed by atoms with van der Waals surface area (Å²) < 4.78 is 0. The Kier molecular flexibility index (Phi) is 6.12. The van der Waals surface area contributed by atoms with E-state index >= 15 is 0 Å². The highest BCUT2D eigenvalue weighted by Crippen LogP contribution is 2.31. The first-order valence-electron chi connectivity index (χ1n) is 5.85. The number of anilines is 1. The SMILES string of the molecule is CC(=O)Nc1cc(O)c(C(=O)CCCCCl)cc1Cl. The molecule has 1 aromatic carbocycles. The molecule has 0 heterocycles. The lowest BCUT2D eigenvalue weighted by Crippen LogP contribution is -2.07. The fourth-order valence-electron chi connectivity index (χ4n) is 1.59. The Morgan fingerprint density at radius 1 is 1.32 bits per heavy atom. The van der Waals surface area contributed by atoms with Gasteiger partial charge in [0.2, 0.25) is 5.91 Å². The van der Waals surface area contributed by atoms with Crippen molar-refractivity contribution in [3.05, 3.63) is 22.7 Å². The van der Waals surface area contributed by atoms with Crippen LogP contribution in [-0.4, -0.2) is 22.7 Å². The Morgan fingerprint density at radius 3 is 2.58 bits per heavy atom. The van der Waals surface area contributed by atoms with E-state index < -0.39 is 0 Å². The van der Waals surface area contributed by atoms with Gasteiger partial charge in [-0.1, -0.05) is 11.6 Å². The smallest absolute Gasteiger partial charge is 0.221 e. The van der Waals surface area contributed by atoms with Gasteiger partial charge in [-0.2, -0.15) is 0 Å². The Bertz CT molecular complexity index is 489. The van der Waals surface area contributed by atoms with E-state index in [0.29, 0.717) is 18.7 Å². The summed E-state index contributed by atoms with van der Waals surface area (Å²) in [6.45, 7) is 1.33. The first-order valence-corrected chi connectivity index (χ1v) is 6.76. The highest BCUT2D eigenvalue weighted by atomic mass is 35.5. The van der Waals surface area contributed by atoms with Gasteiger partial charge in [-0.25, -0.2) is 0 Å². The Balaban J connectivity index is 2.88. The summed E-state index contributed by atoms with van der Waals surface area (Å²) in [5, 5.41) is 12.5. The molecule has 0 aliphatic heterocycles. The van der Waals surface area contributed by atoms with E-state index in [2.05, 4.69) is 5.32 Å². The summed E-state index contributed by atoms with van der Waals surface area (Å²) in [7, 11) is 0. The molecule has 1 rings (SSSR count). The second kappa shape index (κ2) is 7.36. The number of phenolic OH excluding ortho intramolecular Hbond substituents is 1. The maximum Gasteiger partial charge on any atom is 0.221 e. The highest BCUT2D eigenvalue weighted by molar-refractivity contribution is 6.34. The molecule has 104 valence electrons. The van der Waals surface area contributed by atoms with Crippen LogP contribution >= 0.6 is 23.2 Å². The number of benzene rings is 1.